The lowest BCUT2D eigenvalue weighted by Gasteiger charge is -2.35. The van der Waals surface area contributed by atoms with Crippen LogP contribution in [0.2, 0.25) is 0 Å². The first-order valence-corrected chi connectivity index (χ1v) is 7.70. The molecule has 0 spiro atoms. The Morgan fingerprint density at radius 3 is 2.41 bits per heavy atom. The second kappa shape index (κ2) is 6.75. The highest BCUT2D eigenvalue weighted by atomic mass is 16.3. The number of likely N-dealkylation sites (tertiary alicyclic amines) is 1. The largest absolute Gasteiger partial charge is 0.393 e. The van der Waals surface area contributed by atoms with Gasteiger partial charge in [0.15, 0.2) is 0 Å². The van der Waals surface area contributed by atoms with Crippen molar-refractivity contribution in [2.24, 2.45) is 11.8 Å². The fourth-order valence-electron chi connectivity index (χ4n) is 3.49. The van der Waals surface area contributed by atoms with Crippen LogP contribution in [0, 0.1) is 11.8 Å². The molecular weight excluding hydrogens is 210 g/mol. The van der Waals surface area contributed by atoms with Crippen molar-refractivity contribution in [2.75, 3.05) is 19.6 Å². The van der Waals surface area contributed by atoms with Crippen LogP contribution in [-0.4, -0.2) is 35.7 Å². The number of hydrogen-bond donors (Lipinski definition) is 1. The highest BCUT2D eigenvalue weighted by Crippen LogP contribution is 2.26. The molecule has 0 aromatic carbocycles. The third-order valence-electron chi connectivity index (χ3n) is 4.90. The summed E-state index contributed by atoms with van der Waals surface area (Å²) in [6.07, 6.45) is 10.2. The highest BCUT2D eigenvalue weighted by molar-refractivity contribution is 4.79. The maximum atomic E-state index is 10.2. The molecule has 2 rings (SSSR count). The van der Waals surface area contributed by atoms with Crippen molar-refractivity contribution in [2.45, 2.75) is 64.4 Å². The summed E-state index contributed by atoms with van der Waals surface area (Å²) >= 11 is 0. The van der Waals surface area contributed by atoms with Crippen molar-refractivity contribution in [1.82, 2.24) is 4.90 Å². The quantitative estimate of drug-likeness (QED) is 0.765. The molecule has 100 valence electrons. The Labute approximate surface area is 106 Å². The van der Waals surface area contributed by atoms with Gasteiger partial charge in [-0.15, -0.1) is 0 Å². The molecule has 0 aromatic heterocycles. The molecule has 2 atom stereocenters. The zero-order valence-corrected chi connectivity index (χ0v) is 11.4. The van der Waals surface area contributed by atoms with Gasteiger partial charge in [-0.2, -0.15) is 0 Å². The third-order valence-corrected chi connectivity index (χ3v) is 4.90. The van der Waals surface area contributed by atoms with Crippen molar-refractivity contribution < 1.29 is 5.11 Å². The molecule has 1 aliphatic carbocycles. The maximum absolute atomic E-state index is 10.2. The lowest BCUT2D eigenvalue weighted by Crippen LogP contribution is -2.39. The van der Waals surface area contributed by atoms with Crippen LogP contribution in [0.15, 0.2) is 0 Å². The van der Waals surface area contributed by atoms with Crippen molar-refractivity contribution >= 4 is 0 Å². The summed E-state index contributed by atoms with van der Waals surface area (Å²) in [5.41, 5.74) is 0. The average molecular weight is 239 g/mol. The zero-order chi connectivity index (χ0) is 12.1. The molecule has 2 fully saturated rings. The zero-order valence-electron chi connectivity index (χ0n) is 11.4. The molecule has 0 amide bonds. The molecule has 1 saturated carbocycles. The highest BCUT2D eigenvalue weighted by Gasteiger charge is 2.25. The first-order valence-electron chi connectivity index (χ1n) is 7.70. The van der Waals surface area contributed by atoms with Gasteiger partial charge in [0.05, 0.1) is 6.10 Å². The minimum atomic E-state index is -0.0265. The predicted molar refractivity (Wildman–Crippen MR) is 72.0 cm³/mol. The molecule has 1 heterocycles. The number of piperidine rings is 1. The number of nitrogens with zero attached hydrogens (tertiary/aromatic N) is 1. The van der Waals surface area contributed by atoms with Gasteiger partial charge in [-0.3, -0.25) is 0 Å². The summed E-state index contributed by atoms with van der Waals surface area (Å²) < 4.78 is 0. The molecule has 2 aliphatic rings. The number of hydrogen-bond acceptors (Lipinski definition) is 2. The van der Waals surface area contributed by atoms with E-state index in [1.165, 1.54) is 58.0 Å². The molecule has 1 N–H and O–H groups in total. The lowest BCUT2D eigenvalue weighted by atomic mass is 9.92. The van der Waals surface area contributed by atoms with Gasteiger partial charge in [-0.1, -0.05) is 32.6 Å². The van der Waals surface area contributed by atoms with Crippen molar-refractivity contribution in [3.63, 3.8) is 0 Å². The van der Waals surface area contributed by atoms with E-state index < -0.39 is 0 Å². The van der Waals surface area contributed by atoms with Gasteiger partial charge < -0.3 is 10.0 Å². The van der Waals surface area contributed by atoms with Gasteiger partial charge >= 0.3 is 0 Å². The van der Waals surface area contributed by atoms with E-state index in [-0.39, 0.29) is 6.10 Å². The summed E-state index contributed by atoms with van der Waals surface area (Å²) in [6, 6.07) is 0. The van der Waals surface area contributed by atoms with Crippen LogP contribution in [0.3, 0.4) is 0 Å². The van der Waals surface area contributed by atoms with Crippen LogP contribution in [0.25, 0.3) is 0 Å². The molecule has 17 heavy (non-hydrogen) atoms. The van der Waals surface area contributed by atoms with E-state index in [4.69, 9.17) is 0 Å². The van der Waals surface area contributed by atoms with E-state index in [0.717, 1.165) is 18.9 Å². The predicted octanol–water partition coefficient (Wildman–Crippen LogP) is 3.05. The molecule has 0 bridgehead atoms. The summed E-state index contributed by atoms with van der Waals surface area (Å²) in [5.74, 6) is 1.51. The number of aliphatic hydroxyl groups is 1. The molecule has 1 saturated heterocycles. The Hall–Kier alpha value is -0.0800. The fourth-order valence-corrected chi connectivity index (χ4v) is 3.49. The molecule has 2 unspecified atom stereocenters. The van der Waals surface area contributed by atoms with Crippen LogP contribution < -0.4 is 0 Å². The topological polar surface area (TPSA) is 23.5 Å². The smallest absolute Gasteiger partial charge is 0.0580 e. The Morgan fingerprint density at radius 1 is 1.00 bits per heavy atom. The Bertz CT molecular complexity index is 211. The molecule has 0 aromatic rings. The van der Waals surface area contributed by atoms with E-state index in [2.05, 4.69) is 11.8 Å². The summed E-state index contributed by atoms with van der Waals surface area (Å²) in [4.78, 5) is 2.60. The number of rotatable bonds is 3. The second-order valence-corrected chi connectivity index (χ2v) is 6.12. The van der Waals surface area contributed by atoms with Crippen molar-refractivity contribution in [3.8, 4) is 0 Å². The van der Waals surface area contributed by atoms with Crippen LogP contribution in [0.4, 0.5) is 0 Å². The SMILES string of the molecule is CCC1CCN(CC2CCCCCC2O)CC1. The van der Waals surface area contributed by atoms with Crippen LogP contribution in [-0.2, 0) is 0 Å². The van der Waals surface area contributed by atoms with Crippen LogP contribution >= 0.6 is 0 Å². The summed E-state index contributed by atoms with van der Waals surface area (Å²) in [7, 11) is 0. The first kappa shape index (κ1) is 13.4. The Balaban J connectivity index is 1.76. The van der Waals surface area contributed by atoms with E-state index in [1.807, 2.05) is 0 Å². The van der Waals surface area contributed by atoms with E-state index in [9.17, 15) is 5.11 Å². The maximum Gasteiger partial charge on any atom is 0.0580 e. The third kappa shape index (κ3) is 3.96. The fraction of sp³-hybridized carbons (Fsp3) is 1.00. The van der Waals surface area contributed by atoms with Crippen LogP contribution in [0.5, 0.6) is 0 Å². The Morgan fingerprint density at radius 2 is 1.71 bits per heavy atom. The first-order chi connectivity index (χ1) is 8.29. The molecular formula is C15H29NO. The van der Waals surface area contributed by atoms with Gasteiger partial charge in [-0.25, -0.2) is 0 Å². The van der Waals surface area contributed by atoms with Crippen molar-refractivity contribution in [3.05, 3.63) is 0 Å². The standard InChI is InChI=1S/C15H29NO/c1-2-13-8-10-16(11-9-13)12-14-6-4-3-5-7-15(14)17/h13-15,17H,2-12H2,1H3. The molecule has 2 nitrogen and oxygen atoms in total. The van der Waals surface area contributed by atoms with Crippen molar-refractivity contribution in [1.29, 1.82) is 0 Å². The lowest BCUT2D eigenvalue weighted by molar-refractivity contribution is 0.0621. The summed E-state index contributed by atoms with van der Waals surface area (Å²) in [5, 5.41) is 10.2. The van der Waals surface area contributed by atoms with Crippen LogP contribution in [0.1, 0.15) is 58.3 Å². The van der Waals surface area contributed by atoms with Gasteiger partial charge in [0, 0.05) is 6.54 Å². The second-order valence-electron chi connectivity index (χ2n) is 6.12. The normalized spacial score (nSPS) is 33.5. The minimum absolute atomic E-state index is 0.0265. The van der Waals surface area contributed by atoms with Gasteiger partial charge in [0.2, 0.25) is 0 Å². The molecule has 1 aliphatic heterocycles. The van der Waals surface area contributed by atoms with E-state index in [1.54, 1.807) is 0 Å². The minimum Gasteiger partial charge on any atom is -0.393 e. The average Bonchev–Trinajstić information content (AvgIpc) is 2.56. The van der Waals surface area contributed by atoms with Gasteiger partial charge in [0.1, 0.15) is 0 Å². The van der Waals surface area contributed by atoms with E-state index >= 15 is 0 Å². The summed E-state index contributed by atoms with van der Waals surface area (Å²) in [6.45, 7) is 6.00. The van der Waals surface area contributed by atoms with Gasteiger partial charge in [-0.05, 0) is 50.6 Å². The van der Waals surface area contributed by atoms with Gasteiger partial charge in [0.25, 0.3) is 0 Å². The molecule has 0 radical (unpaired) electrons. The van der Waals surface area contributed by atoms with E-state index in [0.29, 0.717) is 5.92 Å². The molecule has 2 heteroatoms. The number of aliphatic hydroxyl groups excluding tert-OH is 1. The Kier molecular flexibility index (Phi) is 5.30. The monoisotopic (exact) mass is 239 g/mol.